The van der Waals surface area contributed by atoms with E-state index in [0.29, 0.717) is 18.8 Å². The Labute approximate surface area is 176 Å². The summed E-state index contributed by atoms with van der Waals surface area (Å²) in [4.78, 5) is 15.8. The number of hydrazone groups is 1. The van der Waals surface area contributed by atoms with E-state index in [-0.39, 0.29) is 5.91 Å². The smallest absolute Gasteiger partial charge is 0.271 e. The number of carbonyl (C=O) groups is 1. The molecule has 30 heavy (non-hydrogen) atoms. The predicted molar refractivity (Wildman–Crippen MR) is 117 cm³/mol. The Morgan fingerprint density at radius 1 is 1.00 bits per heavy atom. The van der Waals surface area contributed by atoms with Crippen LogP contribution in [0.5, 0.6) is 11.5 Å². The second-order valence-corrected chi connectivity index (χ2v) is 6.78. The molecule has 0 unspecified atom stereocenters. The SMILES string of the molecule is Cc1cccc(C)c1OCCCOc1cccc(C=NNC(=O)c2ccncc2)c1. The number of amides is 1. The van der Waals surface area contributed by atoms with Gasteiger partial charge >= 0.3 is 0 Å². The summed E-state index contributed by atoms with van der Waals surface area (Å²) in [6, 6.07) is 16.9. The van der Waals surface area contributed by atoms with Crippen molar-refractivity contribution >= 4 is 12.1 Å². The molecule has 3 rings (SSSR count). The maximum absolute atomic E-state index is 12.0. The van der Waals surface area contributed by atoms with Crippen LogP contribution in [0.4, 0.5) is 0 Å². The average Bonchev–Trinajstić information content (AvgIpc) is 2.76. The number of aromatic nitrogens is 1. The number of hydrogen-bond acceptors (Lipinski definition) is 5. The van der Waals surface area contributed by atoms with E-state index in [1.54, 1.807) is 30.7 Å². The molecule has 1 heterocycles. The lowest BCUT2D eigenvalue weighted by atomic mass is 10.1. The van der Waals surface area contributed by atoms with E-state index in [1.165, 1.54) is 0 Å². The molecule has 1 aromatic heterocycles. The van der Waals surface area contributed by atoms with Crippen LogP contribution in [0.25, 0.3) is 0 Å². The van der Waals surface area contributed by atoms with E-state index in [9.17, 15) is 4.79 Å². The van der Waals surface area contributed by atoms with Gasteiger partial charge in [0.15, 0.2) is 0 Å². The van der Waals surface area contributed by atoms with Gasteiger partial charge in [-0.2, -0.15) is 5.10 Å². The van der Waals surface area contributed by atoms with Crippen molar-refractivity contribution in [3.63, 3.8) is 0 Å². The third-order valence-corrected chi connectivity index (χ3v) is 4.39. The third-order valence-electron chi connectivity index (χ3n) is 4.39. The van der Waals surface area contributed by atoms with Gasteiger partial charge in [-0.05, 0) is 54.8 Å². The van der Waals surface area contributed by atoms with E-state index in [1.807, 2.05) is 56.3 Å². The molecule has 0 atom stereocenters. The number of benzene rings is 2. The van der Waals surface area contributed by atoms with Crippen molar-refractivity contribution in [1.82, 2.24) is 10.4 Å². The number of ether oxygens (including phenoxy) is 2. The normalized spacial score (nSPS) is 10.7. The molecule has 0 aliphatic carbocycles. The van der Waals surface area contributed by atoms with Crippen LogP contribution in [-0.4, -0.2) is 30.3 Å². The summed E-state index contributed by atoms with van der Waals surface area (Å²) in [6.07, 6.45) is 5.48. The molecular formula is C24H25N3O3. The topological polar surface area (TPSA) is 72.8 Å². The Balaban J connectivity index is 1.43. The monoisotopic (exact) mass is 403 g/mol. The summed E-state index contributed by atoms with van der Waals surface area (Å²) in [5.74, 6) is 1.40. The largest absolute Gasteiger partial charge is 0.493 e. The Kier molecular flexibility index (Phi) is 7.55. The highest BCUT2D eigenvalue weighted by Gasteiger charge is 2.04. The lowest BCUT2D eigenvalue weighted by Gasteiger charge is -2.12. The molecule has 6 heteroatoms. The minimum atomic E-state index is -0.287. The highest BCUT2D eigenvalue weighted by atomic mass is 16.5. The molecule has 1 N–H and O–H groups in total. The number of nitrogens with one attached hydrogen (secondary N) is 1. The molecule has 0 saturated heterocycles. The van der Waals surface area contributed by atoms with E-state index < -0.39 is 0 Å². The molecular weight excluding hydrogens is 378 g/mol. The number of aryl methyl sites for hydroxylation is 2. The lowest BCUT2D eigenvalue weighted by molar-refractivity contribution is 0.0955. The first-order chi connectivity index (χ1) is 14.6. The van der Waals surface area contributed by atoms with Crippen LogP contribution in [0.1, 0.15) is 33.5 Å². The summed E-state index contributed by atoms with van der Waals surface area (Å²) in [6.45, 7) is 5.23. The standard InChI is InChI=1S/C24H25N3O3/c1-18-6-3-7-19(2)23(18)30-15-5-14-29-22-9-4-8-20(16-22)17-26-27-24(28)21-10-12-25-13-11-21/h3-4,6-13,16-17H,5,14-15H2,1-2H3,(H,27,28). The van der Waals surface area contributed by atoms with Gasteiger partial charge in [-0.25, -0.2) is 5.43 Å². The molecule has 154 valence electrons. The van der Waals surface area contributed by atoms with Crippen molar-refractivity contribution in [3.05, 3.63) is 89.2 Å². The number of nitrogens with zero attached hydrogens (tertiary/aromatic N) is 2. The van der Waals surface area contributed by atoms with Gasteiger partial charge in [0.25, 0.3) is 5.91 Å². The summed E-state index contributed by atoms with van der Waals surface area (Å²) in [5, 5.41) is 4.00. The summed E-state index contributed by atoms with van der Waals surface area (Å²) in [7, 11) is 0. The van der Waals surface area contributed by atoms with Gasteiger partial charge in [-0.1, -0.05) is 30.3 Å². The zero-order chi connectivity index (χ0) is 21.2. The minimum absolute atomic E-state index is 0.287. The molecule has 2 aromatic carbocycles. The van der Waals surface area contributed by atoms with E-state index >= 15 is 0 Å². The second kappa shape index (κ2) is 10.8. The van der Waals surface area contributed by atoms with Crippen molar-refractivity contribution in [2.24, 2.45) is 5.10 Å². The lowest BCUT2D eigenvalue weighted by Crippen LogP contribution is -2.17. The van der Waals surface area contributed by atoms with Crippen molar-refractivity contribution in [2.75, 3.05) is 13.2 Å². The Hall–Kier alpha value is -3.67. The maximum Gasteiger partial charge on any atom is 0.271 e. The Bertz CT molecular complexity index is 983. The van der Waals surface area contributed by atoms with E-state index in [2.05, 4.69) is 15.5 Å². The number of hydrogen-bond donors (Lipinski definition) is 1. The van der Waals surface area contributed by atoms with Gasteiger partial charge in [-0.15, -0.1) is 0 Å². The number of para-hydroxylation sites is 1. The first-order valence-electron chi connectivity index (χ1n) is 9.79. The summed E-state index contributed by atoms with van der Waals surface area (Å²) < 4.78 is 11.7. The van der Waals surface area contributed by atoms with Crippen LogP contribution in [-0.2, 0) is 0 Å². The van der Waals surface area contributed by atoms with Gasteiger partial charge in [0.2, 0.25) is 0 Å². The fourth-order valence-electron chi connectivity index (χ4n) is 2.87. The zero-order valence-electron chi connectivity index (χ0n) is 17.2. The first-order valence-corrected chi connectivity index (χ1v) is 9.79. The quantitative estimate of drug-likeness (QED) is 0.328. The van der Waals surface area contributed by atoms with Crippen molar-refractivity contribution in [3.8, 4) is 11.5 Å². The van der Waals surface area contributed by atoms with E-state index in [4.69, 9.17) is 9.47 Å². The molecule has 0 saturated carbocycles. The highest BCUT2D eigenvalue weighted by molar-refractivity contribution is 5.94. The van der Waals surface area contributed by atoms with Gasteiger partial charge in [-0.3, -0.25) is 9.78 Å². The third kappa shape index (κ3) is 6.17. The highest BCUT2D eigenvalue weighted by Crippen LogP contribution is 2.22. The first kappa shape index (κ1) is 21.0. The average molecular weight is 403 g/mol. The molecule has 0 aliphatic rings. The molecule has 0 fully saturated rings. The second-order valence-electron chi connectivity index (χ2n) is 6.78. The summed E-state index contributed by atoms with van der Waals surface area (Å²) in [5.41, 5.74) is 6.10. The van der Waals surface area contributed by atoms with E-state index in [0.717, 1.165) is 34.6 Å². The van der Waals surface area contributed by atoms with Gasteiger partial charge in [0.05, 0.1) is 19.4 Å². The van der Waals surface area contributed by atoms with Crippen molar-refractivity contribution < 1.29 is 14.3 Å². The maximum atomic E-state index is 12.0. The molecule has 0 aliphatic heterocycles. The molecule has 1 amide bonds. The van der Waals surface area contributed by atoms with Gasteiger partial charge in [0, 0.05) is 24.4 Å². The van der Waals surface area contributed by atoms with Crippen molar-refractivity contribution in [2.45, 2.75) is 20.3 Å². The minimum Gasteiger partial charge on any atom is -0.493 e. The molecule has 6 nitrogen and oxygen atoms in total. The fourth-order valence-corrected chi connectivity index (χ4v) is 2.87. The predicted octanol–water partition coefficient (Wildman–Crippen LogP) is 4.31. The molecule has 0 radical (unpaired) electrons. The van der Waals surface area contributed by atoms with Crippen LogP contribution >= 0.6 is 0 Å². The van der Waals surface area contributed by atoms with Crippen LogP contribution in [0.3, 0.4) is 0 Å². The Morgan fingerprint density at radius 2 is 1.70 bits per heavy atom. The van der Waals surface area contributed by atoms with Crippen LogP contribution in [0, 0.1) is 13.8 Å². The van der Waals surface area contributed by atoms with Gasteiger partial charge in [0.1, 0.15) is 11.5 Å². The zero-order valence-corrected chi connectivity index (χ0v) is 17.2. The number of rotatable bonds is 9. The van der Waals surface area contributed by atoms with Gasteiger partial charge < -0.3 is 9.47 Å². The Morgan fingerprint density at radius 3 is 2.47 bits per heavy atom. The van der Waals surface area contributed by atoms with Crippen LogP contribution in [0.15, 0.2) is 72.1 Å². The van der Waals surface area contributed by atoms with Crippen molar-refractivity contribution in [1.29, 1.82) is 0 Å². The fraction of sp³-hybridized carbons (Fsp3) is 0.208. The number of carbonyl (C=O) groups excluding carboxylic acids is 1. The van der Waals surface area contributed by atoms with Crippen LogP contribution in [0.2, 0.25) is 0 Å². The van der Waals surface area contributed by atoms with Crippen LogP contribution < -0.4 is 14.9 Å². The number of pyridine rings is 1. The molecule has 0 spiro atoms. The molecule has 3 aromatic rings. The molecule has 0 bridgehead atoms. The summed E-state index contributed by atoms with van der Waals surface area (Å²) >= 11 is 0.